The summed E-state index contributed by atoms with van der Waals surface area (Å²) in [6.45, 7) is 6.81. The number of likely N-dealkylation sites (N-methyl/N-ethyl adjacent to an activating group) is 1. The first-order valence-electron chi connectivity index (χ1n) is 25.6. The summed E-state index contributed by atoms with van der Waals surface area (Å²) in [7, 11) is 1.47. The molecule has 0 aromatic rings. The van der Waals surface area contributed by atoms with Crippen molar-refractivity contribution in [2.45, 2.75) is 226 Å². The van der Waals surface area contributed by atoms with Crippen molar-refractivity contribution in [2.24, 2.45) is 0 Å². The molecule has 2 N–H and O–H groups in total. The number of phosphoric acid groups is 1. The van der Waals surface area contributed by atoms with Crippen LogP contribution in [0.1, 0.15) is 213 Å². The Labute approximate surface area is 388 Å². The van der Waals surface area contributed by atoms with Crippen molar-refractivity contribution < 1.29 is 37.3 Å². The molecular formula is C53H98N2O7P+. The van der Waals surface area contributed by atoms with Crippen molar-refractivity contribution in [1.82, 2.24) is 5.32 Å². The van der Waals surface area contributed by atoms with Crippen molar-refractivity contribution in [3.8, 4) is 0 Å². The number of hydrogen-bond donors (Lipinski definition) is 2. The van der Waals surface area contributed by atoms with Gasteiger partial charge in [-0.15, -0.1) is 0 Å². The molecule has 3 unspecified atom stereocenters. The van der Waals surface area contributed by atoms with Gasteiger partial charge in [0.05, 0.1) is 33.8 Å². The largest absolute Gasteiger partial charge is 0.472 e. The third-order valence-corrected chi connectivity index (χ3v) is 11.9. The third kappa shape index (κ3) is 44.7. The number of rotatable bonds is 45. The van der Waals surface area contributed by atoms with Crippen LogP contribution in [0.3, 0.4) is 0 Å². The Hall–Kier alpha value is -2.29. The third-order valence-electron chi connectivity index (χ3n) is 10.9. The normalized spacial score (nSPS) is 14.5. The molecule has 0 fully saturated rings. The first kappa shape index (κ1) is 60.7. The summed E-state index contributed by atoms with van der Waals surface area (Å²) in [4.78, 5) is 37.3. The fourth-order valence-corrected chi connectivity index (χ4v) is 7.67. The van der Waals surface area contributed by atoms with Crippen LogP contribution < -0.4 is 5.32 Å². The van der Waals surface area contributed by atoms with E-state index >= 15 is 0 Å². The molecule has 0 saturated heterocycles. The van der Waals surface area contributed by atoms with Gasteiger partial charge in [0, 0.05) is 12.8 Å². The van der Waals surface area contributed by atoms with Crippen LogP contribution >= 0.6 is 7.82 Å². The van der Waals surface area contributed by atoms with Crippen LogP contribution in [0, 0.1) is 0 Å². The summed E-state index contributed by atoms with van der Waals surface area (Å²) in [6, 6.07) is -0.861. The average molecular weight is 906 g/mol. The Balaban J connectivity index is 5.50. The van der Waals surface area contributed by atoms with Gasteiger partial charge in [0.1, 0.15) is 19.3 Å². The first-order valence-corrected chi connectivity index (χ1v) is 27.1. The number of amides is 1. The number of allylic oxidation sites excluding steroid dienone is 9. The number of esters is 1. The maximum Gasteiger partial charge on any atom is 0.472 e. The Bertz CT molecular complexity index is 1270. The standard InChI is InChI=1S/C53H97N2O7P/c1-7-10-13-16-19-22-25-27-28-31-33-36-39-42-45-52(56)54-50(49-61-63(58,59)60-48-47-55(4,5)6)51(44-41-38-35-32-30-26-23-20-17-14-11-8-2)62-53(57)46-43-40-37-34-29-24-21-18-15-12-9-3/h10,13,18-19,21-22,27-28,41,44,50-51H,7-9,11-12,14-17,20,23-26,29-40,42-43,45-49H2,1-6H3,(H-,54,56,58,59)/p+1/b13-10+,21-18-,22-19+,28-27+,44-41+. The summed E-state index contributed by atoms with van der Waals surface area (Å²) in [5.41, 5.74) is 0. The molecule has 0 aliphatic rings. The second-order valence-electron chi connectivity index (χ2n) is 18.3. The van der Waals surface area contributed by atoms with E-state index in [1.54, 1.807) is 0 Å². The first-order chi connectivity index (χ1) is 30.4. The fourth-order valence-electron chi connectivity index (χ4n) is 6.93. The van der Waals surface area contributed by atoms with Gasteiger partial charge < -0.3 is 19.4 Å². The quantitative estimate of drug-likeness (QED) is 0.0206. The highest BCUT2D eigenvalue weighted by Gasteiger charge is 2.30. The minimum atomic E-state index is -4.44. The lowest BCUT2D eigenvalue weighted by atomic mass is 10.0. The van der Waals surface area contributed by atoms with Gasteiger partial charge >= 0.3 is 13.8 Å². The number of hydrogen-bond acceptors (Lipinski definition) is 6. The van der Waals surface area contributed by atoms with E-state index < -0.39 is 20.0 Å². The monoisotopic (exact) mass is 906 g/mol. The predicted octanol–water partition coefficient (Wildman–Crippen LogP) is 14.8. The molecule has 0 aromatic carbocycles. The average Bonchev–Trinajstić information content (AvgIpc) is 3.23. The van der Waals surface area contributed by atoms with E-state index in [2.05, 4.69) is 74.7 Å². The van der Waals surface area contributed by atoms with Gasteiger partial charge in [0.25, 0.3) is 0 Å². The lowest BCUT2D eigenvalue weighted by Gasteiger charge is -2.27. The Morgan fingerprint density at radius 3 is 1.59 bits per heavy atom. The second-order valence-corrected chi connectivity index (χ2v) is 19.8. The van der Waals surface area contributed by atoms with E-state index in [4.69, 9.17) is 13.8 Å². The fraction of sp³-hybridized carbons (Fsp3) is 0.774. The van der Waals surface area contributed by atoms with Crippen LogP contribution in [0.5, 0.6) is 0 Å². The SMILES string of the molecule is CC/C=C/C/C=C/C/C=C/CCCCCCC(=O)NC(COP(=O)(O)OCC[N+](C)(C)C)C(/C=C/CCCCCCCCCCCC)OC(=O)CCCCCCC/C=C\CCCC. The molecule has 63 heavy (non-hydrogen) atoms. The lowest BCUT2D eigenvalue weighted by molar-refractivity contribution is -0.870. The molecule has 1 amide bonds. The molecule has 3 atom stereocenters. The van der Waals surface area contributed by atoms with E-state index in [0.29, 0.717) is 17.4 Å². The molecule has 10 heteroatoms. The molecule has 0 aliphatic heterocycles. The van der Waals surface area contributed by atoms with Gasteiger partial charge in [-0.3, -0.25) is 18.6 Å². The van der Waals surface area contributed by atoms with Gasteiger partial charge in [-0.2, -0.15) is 0 Å². The van der Waals surface area contributed by atoms with Gasteiger partial charge in [-0.25, -0.2) is 4.57 Å². The molecule has 0 radical (unpaired) electrons. The van der Waals surface area contributed by atoms with E-state index in [-0.39, 0.29) is 31.5 Å². The van der Waals surface area contributed by atoms with Crippen molar-refractivity contribution in [2.75, 3.05) is 40.9 Å². The molecular weight excluding hydrogens is 808 g/mol. The molecule has 0 spiro atoms. The Morgan fingerprint density at radius 1 is 0.571 bits per heavy atom. The topological polar surface area (TPSA) is 111 Å². The van der Waals surface area contributed by atoms with Gasteiger partial charge in [-0.1, -0.05) is 178 Å². The van der Waals surface area contributed by atoms with E-state index in [9.17, 15) is 19.0 Å². The minimum Gasteiger partial charge on any atom is -0.456 e. The molecule has 0 heterocycles. The highest BCUT2D eigenvalue weighted by Crippen LogP contribution is 2.43. The summed E-state index contributed by atoms with van der Waals surface area (Å²) in [6.07, 6.45) is 52.1. The van der Waals surface area contributed by atoms with Crippen molar-refractivity contribution >= 4 is 19.7 Å². The lowest BCUT2D eigenvalue weighted by Crippen LogP contribution is -2.47. The van der Waals surface area contributed by atoms with E-state index in [1.807, 2.05) is 33.3 Å². The molecule has 0 rings (SSSR count). The molecule has 366 valence electrons. The predicted molar refractivity (Wildman–Crippen MR) is 268 cm³/mol. The maximum atomic E-state index is 13.4. The summed E-state index contributed by atoms with van der Waals surface area (Å²) in [5, 5.41) is 3.02. The Kier molecular flexibility index (Phi) is 42.0. The maximum absolute atomic E-state index is 13.4. The van der Waals surface area contributed by atoms with Crippen molar-refractivity contribution in [1.29, 1.82) is 0 Å². The van der Waals surface area contributed by atoms with Crippen molar-refractivity contribution in [3.05, 3.63) is 60.8 Å². The van der Waals surface area contributed by atoms with Crippen molar-refractivity contribution in [3.63, 3.8) is 0 Å². The number of ether oxygens (including phenoxy) is 1. The van der Waals surface area contributed by atoms with Crippen LogP contribution in [0.4, 0.5) is 0 Å². The number of phosphoric ester groups is 1. The van der Waals surface area contributed by atoms with E-state index in [0.717, 1.165) is 116 Å². The summed E-state index contributed by atoms with van der Waals surface area (Å²) >= 11 is 0. The van der Waals surface area contributed by atoms with Gasteiger partial charge in [0.15, 0.2) is 0 Å². The van der Waals surface area contributed by atoms with Crippen LogP contribution in [-0.4, -0.2) is 74.3 Å². The van der Waals surface area contributed by atoms with Crippen LogP contribution in [-0.2, 0) is 27.9 Å². The number of carbonyl (C=O) groups is 2. The molecule has 0 aliphatic carbocycles. The highest BCUT2D eigenvalue weighted by atomic mass is 31.2. The number of carbonyl (C=O) groups excluding carboxylic acids is 2. The minimum absolute atomic E-state index is 0.0327. The second kappa shape index (κ2) is 43.6. The van der Waals surface area contributed by atoms with Crippen LogP contribution in [0.2, 0.25) is 0 Å². The smallest absolute Gasteiger partial charge is 0.456 e. The van der Waals surface area contributed by atoms with Crippen LogP contribution in [0.25, 0.3) is 0 Å². The molecule has 9 nitrogen and oxygen atoms in total. The zero-order valence-electron chi connectivity index (χ0n) is 41.6. The van der Waals surface area contributed by atoms with E-state index in [1.165, 1.54) is 64.2 Å². The van der Waals surface area contributed by atoms with Crippen LogP contribution in [0.15, 0.2) is 60.8 Å². The number of nitrogens with zero attached hydrogens (tertiary/aromatic N) is 1. The van der Waals surface area contributed by atoms with Gasteiger partial charge in [-0.05, 0) is 83.1 Å². The molecule has 0 bridgehead atoms. The Morgan fingerprint density at radius 2 is 1.03 bits per heavy atom. The zero-order valence-corrected chi connectivity index (χ0v) is 42.4. The number of quaternary nitrogens is 1. The highest BCUT2D eigenvalue weighted by molar-refractivity contribution is 7.47. The molecule has 0 aromatic heterocycles. The number of nitrogens with one attached hydrogen (secondary N) is 1. The summed E-state index contributed by atoms with van der Waals surface area (Å²) in [5.74, 6) is -0.547. The molecule has 0 saturated carbocycles. The zero-order chi connectivity index (χ0) is 46.5. The summed E-state index contributed by atoms with van der Waals surface area (Å²) < 4.78 is 30.4. The van der Waals surface area contributed by atoms with Gasteiger partial charge in [0.2, 0.25) is 5.91 Å². The number of unbranched alkanes of at least 4 members (excludes halogenated alkanes) is 21.